The smallest absolute Gasteiger partial charge is 0.191 e. The minimum absolute atomic E-state index is 0.168. The average molecular weight is 418 g/mol. The van der Waals surface area contributed by atoms with Crippen LogP contribution in [0.4, 0.5) is 0 Å². The zero-order valence-corrected chi connectivity index (χ0v) is 16.8. The van der Waals surface area contributed by atoms with E-state index in [9.17, 15) is 0 Å². The second-order valence-electron chi connectivity index (χ2n) is 5.84. The van der Waals surface area contributed by atoms with Crippen molar-refractivity contribution in [3.8, 4) is 5.75 Å². The monoisotopic (exact) mass is 417 g/mol. The summed E-state index contributed by atoms with van der Waals surface area (Å²) >= 11 is 5.17. The molecule has 4 nitrogen and oxygen atoms in total. The Balaban J connectivity index is 1.69. The van der Waals surface area contributed by atoms with E-state index in [1.165, 1.54) is 5.56 Å². The summed E-state index contributed by atoms with van der Waals surface area (Å²) in [4.78, 5) is 0. The highest BCUT2D eigenvalue weighted by atomic mass is 79.9. The van der Waals surface area contributed by atoms with Crippen molar-refractivity contribution in [1.29, 1.82) is 0 Å². The van der Waals surface area contributed by atoms with Gasteiger partial charge < -0.3 is 9.30 Å². The molecule has 0 fully saturated rings. The number of para-hydroxylation sites is 1. The first kappa shape index (κ1) is 18.0. The van der Waals surface area contributed by atoms with E-state index in [4.69, 9.17) is 4.74 Å². The Morgan fingerprint density at radius 2 is 1.96 bits per heavy atom. The molecule has 0 spiro atoms. The molecule has 1 atom stereocenters. The van der Waals surface area contributed by atoms with Crippen LogP contribution in [-0.4, -0.2) is 14.8 Å². The van der Waals surface area contributed by atoms with Crippen LogP contribution in [0.2, 0.25) is 0 Å². The van der Waals surface area contributed by atoms with Crippen molar-refractivity contribution in [2.45, 2.75) is 30.9 Å². The van der Waals surface area contributed by atoms with Crippen molar-refractivity contribution in [3.05, 3.63) is 70.0 Å². The van der Waals surface area contributed by atoms with Crippen LogP contribution in [0.5, 0.6) is 5.75 Å². The van der Waals surface area contributed by atoms with Crippen molar-refractivity contribution >= 4 is 27.7 Å². The maximum absolute atomic E-state index is 6.07. The molecule has 0 bridgehead atoms. The third kappa shape index (κ3) is 4.44. The normalized spacial score (nSPS) is 12.2. The molecule has 3 rings (SSSR count). The van der Waals surface area contributed by atoms with Crippen LogP contribution < -0.4 is 4.74 Å². The van der Waals surface area contributed by atoms with Gasteiger partial charge in [0.25, 0.3) is 0 Å². The molecule has 2 aromatic carbocycles. The standard InChI is InChI=1S/C19H20BrN3OS/c1-13-7-4-5-10-17(13)24-14(2)18-21-22-19(23(18)3)25-12-15-8-6-9-16(20)11-15/h4-11,14H,12H2,1-3H3. The molecular formula is C19H20BrN3OS. The first-order chi connectivity index (χ1) is 12.0. The SMILES string of the molecule is Cc1ccccc1OC(C)c1nnc(SCc2cccc(Br)c2)n1C. The van der Waals surface area contributed by atoms with Gasteiger partial charge in [-0.15, -0.1) is 10.2 Å². The van der Waals surface area contributed by atoms with Crippen molar-refractivity contribution < 1.29 is 4.74 Å². The first-order valence-electron chi connectivity index (χ1n) is 8.03. The number of thioether (sulfide) groups is 1. The Kier molecular flexibility index (Phi) is 5.81. The Labute approximate surface area is 160 Å². The van der Waals surface area contributed by atoms with E-state index < -0.39 is 0 Å². The molecule has 0 saturated carbocycles. The van der Waals surface area contributed by atoms with Gasteiger partial charge in [0.05, 0.1) is 0 Å². The number of aryl methyl sites for hydroxylation is 1. The first-order valence-corrected chi connectivity index (χ1v) is 9.81. The minimum atomic E-state index is -0.168. The van der Waals surface area contributed by atoms with E-state index in [-0.39, 0.29) is 6.10 Å². The Morgan fingerprint density at radius 3 is 2.72 bits per heavy atom. The van der Waals surface area contributed by atoms with Crippen LogP contribution in [-0.2, 0) is 12.8 Å². The molecule has 1 aromatic heterocycles. The van der Waals surface area contributed by atoms with Gasteiger partial charge in [-0.1, -0.05) is 58.0 Å². The summed E-state index contributed by atoms with van der Waals surface area (Å²) in [6.07, 6.45) is -0.168. The quantitative estimate of drug-likeness (QED) is 0.508. The topological polar surface area (TPSA) is 39.9 Å². The molecule has 0 aliphatic carbocycles. The number of hydrogen-bond acceptors (Lipinski definition) is 4. The van der Waals surface area contributed by atoms with E-state index in [2.05, 4.69) is 38.3 Å². The van der Waals surface area contributed by atoms with Crippen LogP contribution in [0.25, 0.3) is 0 Å². The van der Waals surface area contributed by atoms with Crippen LogP contribution in [0.1, 0.15) is 30.0 Å². The van der Waals surface area contributed by atoms with Crippen molar-refractivity contribution in [1.82, 2.24) is 14.8 Å². The highest BCUT2D eigenvalue weighted by Crippen LogP contribution is 2.27. The van der Waals surface area contributed by atoms with Crippen molar-refractivity contribution in [3.63, 3.8) is 0 Å². The number of halogens is 1. The average Bonchev–Trinajstić information content (AvgIpc) is 2.96. The molecule has 3 aromatic rings. The fraction of sp³-hybridized carbons (Fsp3) is 0.263. The van der Waals surface area contributed by atoms with Crippen LogP contribution >= 0.6 is 27.7 Å². The lowest BCUT2D eigenvalue weighted by molar-refractivity contribution is 0.210. The molecule has 25 heavy (non-hydrogen) atoms. The van der Waals surface area contributed by atoms with E-state index in [1.54, 1.807) is 11.8 Å². The predicted octanol–water partition coefficient (Wildman–Crippen LogP) is 5.32. The Morgan fingerprint density at radius 1 is 1.16 bits per heavy atom. The summed E-state index contributed by atoms with van der Waals surface area (Å²) in [5, 5.41) is 9.54. The maximum Gasteiger partial charge on any atom is 0.191 e. The molecule has 6 heteroatoms. The number of hydrogen-bond donors (Lipinski definition) is 0. The van der Waals surface area contributed by atoms with Gasteiger partial charge in [-0.2, -0.15) is 0 Å². The molecule has 0 radical (unpaired) electrons. The zero-order valence-electron chi connectivity index (χ0n) is 14.4. The Bertz CT molecular complexity index is 865. The summed E-state index contributed by atoms with van der Waals surface area (Å²) in [6, 6.07) is 16.3. The highest BCUT2D eigenvalue weighted by Gasteiger charge is 2.18. The van der Waals surface area contributed by atoms with Gasteiger partial charge >= 0.3 is 0 Å². The molecular weight excluding hydrogens is 398 g/mol. The van der Waals surface area contributed by atoms with Gasteiger partial charge in [0.2, 0.25) is 0 Å². The summed E-state index contributed by atoms with van der Waals surface area (Å²) in [7, 11) is 1.98. The second kappa shape index (κ2) is 8.06. The number of ether oxygens (including phenoxy) is 1. The lowest BCUT2D eigenvalue weighted by Gasteiger charge is -2.15. The van der Waals surface area contributed by atoms with E-state index in [0.717, 1.165) is 32.5 Å². The van der Waals surface area contributed by atoms with Crippen LogP contribution in [0.3, 0.4) is 0 Å². The summed E-state index contributed by atoms with van der Waals surface area (Å²) < 4.78 is 9.16. The Hall–Kier alpha value is -1.79. The summed E-state index contributed by atoms with van der Waals surface area (Å²) in [6.45, 7) is 4.04. The third-order valence-corrected chi connectivity index (χ3v) is 5.47. The molecule has 0 saturated heterocycles. The van der Waals surface area contributed by atoms with Crippen molar-refractivity contribution in [2.24, 2.45) is 7.05 Å². The van der Waals surface area contributed by atoms with E-state index in [0.29, 0.717) is 0 Å². The molecule has 130 valence electrons. The van der Waals surface area contributed by atoms with E-state index >= 15 is 0 Å². The molecule has 0 aliphatic rings. The van der Waals surface area contributed by atoms with Gasteiger partial charge in [-0.05, 0) is 43.2 Å². The summed E-state index contributed by atoms with van der Waals surface area (Å²) in [5.41, 5.74) is 2.36. The molecule has 0 amide bonds. The van der Waals surface area contributed by atoms with Crippen molar-refractivity contribution in [2.75, 3.05) is 0 Å². The number of rotatable bonds is 6. The van der Waals surface area contributed by atoms with Crippen LogP contribution in [0, 0.1) is 6.92 Å². The van der Waals surface area contributed by atoms with E-state index in [1.807, 2.05) is 61.9 Å². The zero-order chi connectivity index (χ0) is 17.8. The third-order valence-electron chi connectivity index (χ3n) is 3.89. The number of benzene rings is 2. The number of aromatic nitrogens is 3. The second-order valence-corrected chi connectivity index (χ2v) is 7.70. The minimum Gasteiger partial charge on any atom is -0.482 e. The summed E-state index contributed by atoms with van der Waals surface area (Å²) in [5.74, 6) is 2.54. The number of nitrogens with zero attached hydrogens (tertiary/aromatic N) is 3. The molecule has 1 heterocycles. The van der Waals surface area contributed by atoms with Gasteiger partial charge in [0.1, 0.15) is 5.75 Å². The van der Waals surface area contributed by atoms with Gasteiger partial charge in [0, 0.05) is 17.3 Å². The maximum atomic E-state index is 6.07. The fourth-order valence-electron chi connectivity index (χ4n) is 2.51. The molecule has 1 unspecified atom stereocenters. The highest BCUT2D eigenvalue weighted by molar-refractivity contribution is 9.10. The fourth-order valence-corrected chi connectivity index (χ4v) is 3.82. The predicted molar refractivity (Wildman–Crippen MR) is 105 cm³/mol. The van der Waals surface area contributed by atoms with Crippen LogP contribution in [0.15, 0.2) is 58.2 Å². The van der Waals surface area contributed by atoms with Gasteiger partial charge in [0.15, 0.2) is 17.1 Å². The van der Waals surface area contributed by atoms with Gasteiger partial charge in [-0.25, -0.2) is 0 Å². The van der Waals surface area contributed by atoms with Gasteiger partial charge in [-0.3, -0.25) is 0 Å². The largest absolute Gasteiger partial charge is 0.482 e. The lowest BCUT2D eigenvalue weighted by atomic mass is 10.2. The molecule has 0 aliphatic heterocycles. The molecule has 0 N–H and O–H groups in total. The lowest BCUT2D eigenvalue weighted by Crippen LogP contribution is -2.10.